The molecule has 1 aliphatic rings. The Bertz CT molecular complexity index is 606. The van der Waals surface area contributed by atoms with Crippen LogP contribution in [-0.4, -0.2) is 45.1 Å². The van der Waals surface area contributed by atoms with Crippen molar-refractivity contribution >= 4 is 21.4 Å². The average Bonchev–Trinajstić information content (AvgIpc) is 2.96. The zero-order chi connectivity index (χ0) is 14.8. The summed E-state index contributed by atoms with van der Waals surface area (Å²) in [6.07, 6.45) is 1.30. The molecule has 0 saturated carbocycles. The van der Waals surface area contributed by atoms with Crippen molar-refractivity contribution in [3.8, 4) is 6.07 Å². The van der Waals surface area contributed by atoms with Crippen LogP contribution in [0.25, 0.3) is 0 Å². The van der Waals surface area contributed by atoms with E-state index in [0.29, 0.717) is 24.3 Å². The molecule has 1 aromatic rings. The number of nitriles is 1. The first-order valence-corrected chi connectivity index (χ1v) is 8.53. The molecule has 0 bridgehead atoms. The van der Waals surface area contributed by atoms with Gasteiger partial charge in [-0.25, -0.2) is 8.42 Å². The summed E-state index contributed by atoms with van der Waals surface area (Å²) in [6.45, 7) is 0.651. The molecule has 1 fully saturated rings. The van der Waals surface area contributed by atoms with Crippen LogP contribution in [0.15, 0.2) is 16.3 Å². The minimum Gasteiger partial charge on any atom is -0.381 e. The molecule has 110 valence electrons. The van der Waals surface area contributed by atoms with Crippen LogP contribution in [0.4, 0.5) is 0 Å². The van der Waals surface area contributed by atoms with Crippen molar-refractivity contribution in [2.45, 2.75) is 29.2 Å². The van der Waals surface area contributed by atoms with E-state index in [2.05, 4.69) is 0 Å². The highest BCUT2D eigenvalue weighted by Crippen LogP contribution is 2.29. The summed E-state index contributed by atoms with van der Waals surface area (Å²) in [5.74, 6) is 0. The third-order valence-corrected chi connectivity index (χ3v) is 6.88. The zero-order valence-electron chi connectivity index (χ0n) is 11.2. The lowest BCUT2D eigenvalue weighted by atomic mass is 10.0. The monoisotopic (exact) mass is 315 g/mol. The van der Waals surface area contributed by atoms with E-state index in [-0.39, 0.29) is 22.9 Å². The van der Waals surface area contributed by atoms with E-state index in [1.54, 1.807) is 7.11 Å². The van der Waals surface area contributed by atoms with E-state index in [1.807, 2.05) is 6.07 Å². The van der Waals surface area contributed by atoms with Crippen molar-refractivity contribution in [2.75, 3.05) is 20.2 Å². The van der Waals surface area contributed by atoms with Crippen LogP contribution in [0.5, 0.6) is 0 Å². The Morgan fingerprint density at radius 2 is 2.35 bits per heavy atom. The zero-order valence-corrected chi connectivity index (χ0v) is 12.8. The molecule has 2 unspecified atom stereocenters. The van der Waals surface area contributed by atoms with Gasteiger partial charge in [-0.05, 0) is 25.0 Å². The van der Waals surface area contributed by atoms with Crippen molar-refractivity contribution in [1.82, 2.24) is 4.31 Å². The molecule has 0 aromatic carbocycles. The Morgan fingerprint density at radius 3 is 2.90 bits per heavy atom. The van der Waals surface area contributed by atoms with Gasteiger partial charge in [0.1, 0.15) is 15.2 Å². The van der Waals surface area contributed by atoms with Crippen molar-refractivity contribution in [3.63, 3.8) is 0 Å². The third-order valence-electron chi connectivity index (χ3n) is 3.47. The molecule has 8 heteroatoms. The van der Waals surface area contributed by atoms with E-state index in [1.165, 1.54) is 16.4 Å². The standard InChI is InChI=1S/C12H17N3O3S2/c1-18-10-4-5-15(9(6-10)7-13)20(16,17)12-3-2-11(8-14)19-12/h2-3,9-10H,4-7,13H2,1H3. The van der Waals surface area contributed by atoms with E-state index in [0.717, 1.165) is 11.3 Å². The van der Waals surface area contributed by atoms with Crippen molar-refractivity contribution < 1.29 is 13.2 Å². The van der Waals surface area contributed by atoms with Crippen LogP contribution in [-0.2, 0) is 14.8 Å². The first-order valence-electron chi connectivity index (χ1n) is 6.27. The van der Waals surface area contributed by atoms with Gasteiger partial charge >= 0.3 is 0 Å². The number of thiophene rings is 1. The summed E-state index contributed by atoms with van der Waals surface area (Å²) < 4.78 is 32.2. The van der Waals surface area contributed by atoms with Gasteiger partial charge in [-0.3, -0.25) is 0 Å². The highest BCUT2D eigenvalue weighted by Gasteiger charge is 2.36. The number of ether oxygens (including phenoxy) is 1. The number of hydrogen-bond donors (Lipinski definition) is 1. The summed E-state index contributed by atoms with van der Waals surface area (Å²) in [7, 11) is -1.95. The average molecular weight is 315 g/mol. The van der Waals surface area contributed by atoms with E-state index in [9.17, 15) is 8.42 Å². The van der Waals surface area contributed by atoms with Gasteiger partial charge in [0.25, 0.3) is 10.0 Å². The summed E-state index contributed by atoms with van der Waals surface area (Å²) >= 11 is 0.990. The van der Waals surface area contributed by atoms with Crippen LogP contribution < -0.4 is 5.73 Å². The van der Waals surface area contributed by atoms with E-state index < -0.39 is 10.0 Å². The van der Waals surface area contributed by atoms with E-state index in [4.69, 9.17) is 15.7 Å². The number of nitrogens with two attached hydrogens (primary N) is 1. The second kappa shape index (κ2) is 6.20. The lowest BCUT2D eigenvalue weighted by Gasteiger charge is -2.37. The fourth-order valence-corrected chi connectivity index (χ4v) is 5.27. The molecule has 2 N–H and O–H groups in total. The Hall–Kier alpha value is -0.980. The maximum atomic E-state index is 12.6. The largest absolute Gasteiger partial charge is 0.381 e. The normalized spacial score (nSPS) is 24.4. The predicted octanol–water partition coefficient (Wildman–Crippen LogP) is 0.747. The van der Waals surface area contributed by atoms with Gasteiger partial charge in [0, 0.05) is 26.2 Å². The fourth-order valence-electron chi connectivity index (χ4n) is 2.37. The molecular formula is C12H17N3O3S2. The Balaban J connectivity index is 2.27. The number of sulfonamides is 1. The van der Waals surface area contributed by atoms with Gasteiger partial charge < -0.3 is 10.5 Å². The maximum absolute atomic E-state index is 12.6. The van der Waals surface area contributed by atoms with Gasteiger partial charge in [-0.2, -0.15) is 9.57 Å². The Kier molecular flexibility index (Phi) is 4.78. The molecule has 0 amide bonds. The number of rotatable bonds is 4. The SMILES string of the molecule is COC1CCN(S(=O)(=O)c2ccc(C#N)s2)C(CN)C1. The second-order valence-corrected chi connectivity index (χ2v) is 7.82. The third kappa shape index (κ3) is 2.87. The Labute approximate surface area is 122 Å². The van der Waals surface area contributed by atoms with Crippen LogP contribution in [0.1, 0.15) is 17.7 Å². The minimum absolute atomic E-state index is 0.0491. The molecule has 1 aromatic heterocycles. The van der Waals surface area contributed by atoms with Crippen LogP contribution in [0.2, 0.25) is 0 Å². The van der Waals surface area contributed by atoms with Crippen LogP contribution in [0.3, 0.4) is 0 Å². The first kappa shape index (κ1) is 15.4. The van der Waals surface area contributed by atoms with Crippen LogP contribution in [0, 0.1) is 11.3 Å². The van der Waals surface area contributed by atoms with Gasteiger partial charge in [-0.15, -0.1) is 11.3 Å². The van der Waals surface area contributed by atoms with Gasteiger partial charge in [0.15, 0.2) is 0 Å². The quantitative estimate of drug-likeness (QED) is 0.884. The lowest BCUT2D eigenvalue weighted by molar-refractivity contribution is 0.0402. The molecule has 0 spiro atoms. The molecular weight excluding hydrogens is 298 g/mol. The molecule has 1 aliphatic heterocycles. The fraction of sp³-hybridized carbons (Fsp3) is 0.583. The van der Waals surface area contributed by atoms with Crippen LogP contribution >= 0.6 is 11.3 Å². The van der Waals surface area contributed by atoms with Crippen molar-refractivity contribution in [2.24, 2.45) is 5.73 Å². The number of methoxy groups -OCH3 is 1. The van der Waals surface area contributed by atoms with Crippen molar-refractivity contribution in [1.29, 1.82) is 5.26 Å². The molecule has 6 nitrogen and oxygen atoms in total. The lowest BCUT2D eigenvalue weighted by Crippen LogP contribution is -2.50. The summed E-state index contributed by atoms with van der Waals surface area (Å²) in [6, 6.07) is 4.70. The summed E-state index contributed by atoms with van der Waals surface area (Å²) in [5.41, 5.74) is 5.71. The minimum atomic E-state index is -3.58. The topological polar surface area (TPSA) is 96.4 Å². The molecule has 20 heavy (non-hydrogen) atoms. The number of nitrogens with zero attached hydrogens (tertiary/aromatic N) is 2. The van der Waals surface area contributed by atoms with Gasteiger partial charge in [0.2, 0.25) is 0 Å². The molecule has 1 saturated heterocycles. The van der Waals surface area contributed by atoms with E-state index >= 15 is 0 Å². The number of piperidine rings is 1. The first-order chi connectivity index (χ1) is 9.52. The predicted molar refractivity (Wildman–Crippen MR) is 75.8 cm³/mol. The molecule has 2 heterocycles. The summed E-state index contributed by atoms with van der Waals surface area (Å²) in [4.78, 5) is 0.389. The molecule has 0 radical (unpaired) electrons. The number of hydrogen-bond acceptors (Lipinski definition) is 6. The highest BCUT2D eigenvalue weighted by atomic mass is 32.2. The molecule has 2 atom stereocenters. The van der Waals surface area contributed by atoms with Gasteiger partial charge in [-0.1, -0.05) is 0 Å². The van der Waals surface area contributed by atoms with Gasteiger partial charge in [0.05, 0.1) is 6.10 Å². The Morgan fingerprint density at radius 1 is 1.60 bits per heavy atom. The smallest absolute Gasteiger partial charge is 0.252 e. The second-order valence-electron chi connectivity index (χ2n) is 4.62. The highest BCUT2D eigenvalue weighted by molar-refractivity contribution is 7.91. The summed E-state index contributed by atoms with van der Waals surface area (Å²) in [5, 5.41) is 8.81. The maximum Gasteiger partial charge on any atom is 0.252 e. The van der Waals surface area contributed by atoms with Crippen molar-refractivity contribution in [3.05, 3.63) is 17.0 Å². The molecule has 2 rings (SSSR count). The molecule has 0 aliphatic carbocycles.